The number of primary amides is 1. The molecule has 1 aromatic rings. The summed E-state index contributed by atoms with van der Waals surface area (Å²) in [7, 11) is 0. The Kier molecular flexibility index (Phi) is 3.05. The van der Waals surface area contributed by atoms with Crippen LogP contribution in [0.4, 0.5) is 13.2 Å². The summed E-state index contributed by atoms with van der Waals surface area (Å²) in [5, 5.41) is 6.72. The van der Waals surface area contributed by atoms with E-state index in [2.05, 4.69) is 10.4 Å². The molecule has 0 radical (unpaired) electrons. The standard InChI is InChI=1S/C10H13F3N4O/c1-5(10(11,12)13)17-7-2-3-15-4-6(7)8(16-17)9(14)18/h5,15H,2-4H2,1H3,(H2,14,18). The molecule has 5 nitrogen and oxygen atoms in total. The topological polar surface area (TPSA) is 72.9 Å². The molecule has 100 valence electrons. The minimum atomic E-state index is -4.40. The van der Waals surface area contributed by atoms with E-state index in [-0.39, 0.29) is 5.69 Å². The van der Waals surface area contributed by atoms with E-state index < -0.39 is 18.1 Å². The van der Waals surface area contributed by atoms with Crippen molar-refractivity contribution in [1.82, 2.24) is 15.1 Å². The van der Waals surface area contributed by atoms with E-state index in [1.54, 1.807) is 0 Å². The molecular formula is C10H13F3N4O. The molecule has 1 aliphatic heterocycles. The fraction of sp³-hybridized carbons (Fsp3) is 0.600. The molecule has 0 spiro atoms. The molecule has 18 heavy (non-hydrogen) atoms. The number of fused-ring (bicyclic) bond motifs is 1. The van der Waals surface area contributed by atoms with Crippen LogP contribution in [-0.2, 0) is 13.0 Å². The molecule has 0 saturated carbocycles. The van der Waals surface area contributed by atoms with Gasteiger partial charge in [0, 0.05) is 30.8 Å². The van der Waals surface area contributed by atoms with Crippen molar-refractivity contribution in [3.63, 3.8) is 0 Å². The maximum Gasteiger partial charge on any atom is 0.410 e. The molecule has 1 unspecified atom stereocenters. The smallest absolute Gasteiger partial charge is 0.364 e. The first-order valence-corrected chi connectivity index (χ1v) is 5.50. The van der Waals surface area contributed by atoms with Gasteiger partial charge in [0.15, 0.2) is 5.69 Å². The molecule has 1 aliphatic rings. The van der Waals surface area contributed by atoms with Gasteiger partial charge in [-0.15, -0.1) is 0 Å². The van der Waals surface area contributed by atoms with Gasteiger partial charge in [-0.1, -0.05) is 0 Å². The van der Waals surface area contributed by atoms with Crippen LogP contribution in [0.1, 0.15) is 34.7 Å². The lowest BCUT2D eigenvalue weighted by molar-refractivity contribution is -0.165. The summed E-state index contributed by atoms with van der Waals surface area (Å²) >= 11 is 0. The van der Waals surface area contributed by atoms with Crippen LogP contribution >= 0.6 is 0 Å². The third-order valence-electron chi connectivity index (χ3n) is 3.03. The Morgan fingerprint density at radius 2 is 2.22 bits per heavy atom. The second-order valence-electron chi connectivity index (χ2n) is 4.23. The van der Waals surface area contributed by atoms with E-state index in [0.29, 0.717) is 30.8 Å². The lowest BCUT2D eigenvalue weighted by Gasteiger charge is -2.21. The minimum absolute atomic E-state index is 0.0756. The Morgan fingerprint density at radius 1 is 1.56 bits per heavy atom. The van der Waals surface area contributed by atoms with Crippen molar-refractivity contribution >= 4 is 5.91 Å². The first-order chi connectivity index (χ1) is 8.32. The van der Waals surface area contributed by atoms with Crippen LogP contribution in [0.3, 0.4) is 0 Å². The van der Waals surface area contributed by atoms with Crippen LogP contribution in [0, 0.1) is 0 Å². The summed E-state index contributed by atoms with van der Waals surface area (Å²) in [4.78, 5) is 11.2. The Hall–Kier alpha value is -1.57. The number of nitrogens with zero attached hydrogens (tertiary/aromatic N) is 2. The van der Waals surface area contributed by atoms with Crippen molar-refractivity contribution in [2.24, 2.45) is 5.73 Å². The van der Waals surface area contributed by atoms with E-state index in [0.717, 1.165) is 11.6 Å². The number of nitrogens with two attached hydrogens (primary N) is 1. The van der Waals surface area contributed by atoms with Crippen molar-refractivity contribution in [2.45, 2.75) is 32.1 Å². The third-order valence-corrected chi connectivity index (χ3v) is 3.03. The summed E-state index contributed by atoms with van der Waals surface area (Å²) in [6.07, 6.45) is -4.00. The predicted octanol–water partition coefficient (Wildman–Crippen LogP) is 0.751. The Balaban J connectivity index is 2.52. The molecule has 0 aromatic carbocycles. The van der Waals surface area contributed by atoms with Crippen molar-refractivity contribution in [2.75, 3.05) is 6.54 Å². The van der Waals surface area contributed by atoms with Crippen molar-refractivity contribution in [1.29, 1.82) is 0 Å². The highest BCUT2D eigenvalue weighted by atomic mass is 19.4. The van der Waals surface area contributed by atoms with Gasteiger partial charge in [0.2, 0.25) is 0 Å². The number of amides is 1. The van der Waals surface area contributed by atoms with E-state index in [4.69, 9.17) is 5.73 Å². The van der Waals surface area contributed by atoms with E-state index in [1.807, 2.05) is 0 Å². The van der Waals surface area contributed by atoms with Crippen LogP contribution in [0.2, 0.25) is 0 Å². The summed E-state index contributed by atoms with van der Waals surface area (Å²) in [6, 6.07) is -1.77. The molecule has 3 N–H and O–H groups in total. The van der Waals surface area contributed by atoms with E-state index in [1.165, 1.54) is 0 Å². The van der Waals surface area contributed by atoms with Gasteiger partial charge in [0.25, 0.3) is 5.91 Å². The van der Waals surface area contributed by atoms with Crippen LogP contribution in [0.25, 0.3) is 0 Å². The lowest BCUT2D eigenvalue weighted by atomic mass is 10.1. The molecule has 2 heterocycles. The Morgan fingerprint density at radius 3 is 2.78 bits per heavy atom. The van der Waals surface area contributed by atoms with Gasteiger partial charge in [-0.3, -0.25) is 9.48 Å². The highest BCUT2D eigenvalue weighted by Crippen LogP contribution is 2.32. The van der Waals surface area contributed by atoms with Gasteiger partial charge in [-0.05, 0) is 6.92 Å². The van der Waals surface area contributed by atoms with Gasteiger partial charge < -0.3 is 11.1 Å². The number of nitrogens with one attached hydrogen (secondary N) is 1. The highest BCUT2D eigenvalue weighted by Gasteiger charge is 2.40. The van der Waals surface area contributed by atoms with Crippen molar-refractivity contribution in [3.8, 4) is 0 Å². The first-order valence-electron chi connectivity index (χ1n) is 5.50. The zero-order chi connectivity index (χ0) is 13.5. The normalized spacial score (nSPS) is 17.3. The number of alkyl halides is 3. The second kappa shape index (κ2) is 4.27. The fourth-order valence-corrected chi connectivity index (χ4v) is 2.03. The van der Waals surface area contributed by atoms with Crippen molar-refractivity contribution in [3.05, 3.63) is 17.0 Å². The third kappa shape index (κ3) is 2.07. The Bertz CT molecular complexity index is 480. The molecule has 1 aromatic heterocycles. The van der Waals surface area contributed by atoms with Gasteiger partial charge in [0.05, 0.1) is 0 Å². The van der Waals surface area contributed by atoms with Crippen molar-refractivity contribution < 1.29 is 18.0 Å². The molecule has 0 aliphatic carbocycles. The first kappa shape index (κ1) is 12.9. The van der Waals surface area contributed by atoms with Gasteiger partial charge in [-0.2, -0.15) is 18.3 Å². The zero-order valence-electron chi connectivity index (χ0n) is 9.71. The van der Waals surface area contributed by atoms with E-state index in [9.17, 15) is 18.0 Å². The molecule has 1 atom stereocenters. The quantitative estimate of drug-likeness (QED) is 0.826. The summed E-state index contributed by atoms with van der Waals surface area (Å²) in [6.45, 7) is 1.89. The molecule has 0 bridgehead atoms. The SMILES string of the molecule is CC(n1nc(C(N)=O)c2c1CCNC2)C(F)(F)F. The van der Waals surface area contributed by atoms with Crippen LogP contribution in [-0.4, -0.2) is 28.4 Å². The van der Waals surface area contributed by atoms with Crippen LogP contribution < -0.4 is 11.1 Å². The molecule has 0 fully saturated rings. The van der Waals surface area contributed by atoms with Gasteiger partial charge in [0.1, 0.15) is 6.04 Å². The number of rotatable bonds is 2. The van der Waals surface area contributed by atoms with Gasteiger partial charge in [-0.25, -0.2) is 0 Å². The lowest BCUT2D eigenvalue weighted by Crippen LogP contribution is -2.30. The molecule has 2 rings (SSSR count). The number of aromatic nitrogens is 2. The number of carbonyl (C=O) groups is 1. The molecule has 1 amide bonds. The Labute approximate surface area is 101 Å². The molecule has 8 heteroatoms. The zero-order valence-corrected chi connectivity index (χ0v) is 9.71. The van der Waals surface area contributed by atoms with E-state index >= 15 is 0 Å². The van der Waals surface area contributed by atoms with Gasteiger partial charge >= 0.3 is 6.18 Å². The average molecular weight is 262 g/mol. The number of halogens is 3. The maximum atomic E-state index is 12.7. The minimum Gasteiger partial charge on any atom is -0.364 e. The fourth-order valence-electron chi connectivity index (χ4n) is 2.03. The number of hydrogen-bond acceptors (Lipinski definition) is 3. The number of carbonyl (C=O) groups excluding carboxylic acids is 1. The van der Waals surface area contributed by atoms with Crippen LogP contribution in [0.5, 0.6) is 0 Å². The summed E-state index contributed by atoms with van der Waals surface area (Å²) in [5.74, 6) is -0.803. The molecule has 0 saturated heterocycles. The second-order valence-corrected chi connectivity index (χ2v) is 4.23. The largest absolute Gasteiger partial charge is 0.410 e. The number of hydrogen-bond donors (Lipinski definition) is 2. The van der Waals surface area contributed by atoms with Crippen LogP contribution in [0.15, 0.2) is 0 Å². The predicted molar refractivity (Wildman–Crippen MR) is 56.9 cm³/mol. The summed E-state index contributed by atoms with van der Waals surface area (Å²) < 4.78 is 39.0. The maximum absolute atomic E-state index is 12.7. The monoisotopic (exact) mass is 262 g/mol. The highest BCUT2D eigenvalue weighted by molar-refractivity contribution is 5.92. The summed E-state index contributed by atoms with van der Waals surface area (Å²) in [5.41, 5.74) is 5.98. The molecular weight excluding hydrogens is 249 g/mol. The average Bonchev–Trinajstić information content (AvgIpc) is 2.66.